The molecule has 0 aromatic carbocycles. The fourth-order valence-corrected chi connectivity index (χ4v) is 0. The Labute approximate surface area is 105 Å². The maximum Gasteiger partial charge on any atom is -0.0149 e. The van der Waals surface area contributed by atoms with Gasteiger partial charge in [0.15, 0.2) is 0 Å². The zero-order valence-corrected chi connectivity index (χ0v) is 1.50. The second-order valence-electron chi connectivity index (χ2n) is 0. The average molecular weight is 166 g/mol. The summed E-state index contributed by atoms with van der Waals surface area (Å²) in [5, 5.41) is 0. The van der Waals surface area contributed by atoms with E-state index in [1.807, 2.05) is 0 Å². The molecule has 0 amide bonds. The zero-order chi connectivity index (χ0) is 0. The van der Waals surface area contributed by atoms with Crippen LogP contribution in [0.15, 0.2) is 0 Å². The summed E-state index contributed by atoms with van der Waals surface area (Å²) in [6.07, 6.45) is 0. The van der Waals surface area contributed by atoms with Gasteiger partial charge in [0.2, 0.25) is 0 Å². The molecule has 4 heteroatoms. The van der Waals surface area contributed by atoms with Gasteiger partial charge in [-0.15, -0.1) is 0 Å². The van der Waals surface area contributed by atoms with E-state index in [9.17, 15) is 0 Å². The van der Waals surface area contributed by atoms with Crippen molar-refractivity contribution in [3.05, 3.63) is 0 Å². The molecule has 5 heavy (non-hydrogen) atoms. The molecule has 0 aliphatic rings. The molecule has 0 radical (unpaired) electrons. The van der Waals surface area contributed by atoms with Crippen molar-refractivity contribution in [1.82, 2.24) is 0 Å². The summed E-state index contributed by atoms with van der Waals surface area (Å²) >= 11 is 0. The van der Waals surface area contributed by atoms with Gasteiger partial charge in [0.05, 0.1) is 0 Å². The Kier molecular flexibility index (Phi) is 235. The van der Waals surface area contributed by atoms with E-state index in [2.05, 4.69) is 0 Å². The quantitative estimate of drug-likeness (QED) is 0.348. The topological polar surface area (TPSA) is 0 Å². The van der Waals surface area contributed by atoms with Crippen LogP contribution in [-0.4, -0.2) is 86.4 Å². The van der Waals surface area contributed by atoms with Crippen molar-refractivity contribution in [2.75, 3.05) is 0 Å². The third kappa shape index (κ3) is 19.2. The molecule has 0 saturated carbocycles. The number of hydrogen-bond acceptors (Lipinski definition) is 0. The van der Waals surface area contributed by atoms with Crippen LogP contribution in [0.4, 0.5) is 0 Å². The third-order valence-electron chi connectivity index (χ3n) is 0. The minimum atomic E-state index is 0. The maximum absolute atomic E-state index is 0. The van der Waals surface area contributed by atoms with E-state index in [-0.39, 0.29) is 107 Å². The van der Waals surface area contributed by atoms with Crippen molar-refractivity contribution in [2.45, 2.75) is 7.43 Å². The molecule has 0 aromatic rings. The van der Waals surface area contributed by atoms with Gasteiger partial charge < -0.3 is 0 Å². The van der Waals surface area contributed by atoms with Gasteiger partial charge in [0.25, 0.3) is 0 Å². The van der Waals surface area contributed by atoms with Crippen LogP contribution in [0, 0.1) is 0 Å². The van der Waals surface area contributed by atoms with Gasteiger partial charge in [-0.3, -0.25) is 0 Å². The summed E-state index contributed by atoms with van der Waals surface area (Å²) in [4.78, 5) is 0. The van der Waals surface area contributed by atoms with Gasteiger partial charge in [0, 0.05) is 0 Å². The molecule has 0 aliphatic carbocycles. The molecular formula is CH14Ca2SSi. The van der Waals surface area contributed by atoms with Crippen LogP contribution < -0.4 is 0 Å². The molecule has 0 saturated heterocycles. The molecule has 0 nitrogen and oxygen atoms in total. The smallest absolute Gasteiger partial charge is 0.0149 e. The van der Waals surface area contributed by atoms with Gasteiger partial charge in [-0.25, -0.2) is 0 Å². The Balaban J connectivity index is 0. The molecule has 0 heterocycles. The van der Waals surface area contributed by atoms with Crippen molar-refractivity contribution in [3.8, 4) is 0 Å². The minimum absolute atomic E-state index is 0. The van der Waals surface area contributed by atoms with Crippen LogP contribution in [0.2, 0.25) is 0 Å². The van der Waals surface area contributed by atoms with Crippen LogP contribution in [0.1, 0.15) is 7.43 Å². The van der Waals surface area contributed by atoms with Gasteiger partial charge in [-0.1, -0.05) is 7.43 Å². The number of hydrogen-bond donors (Lipinski definition) is 0. The largest absolute Gasteiger partial charge is 0.0149 e. The summed E-state index contributed by atoms with van der Waals surface area (Å²) in [6.45, 7) is 0. The molecule has 0 N–H and O–H groups in total. The van der Waals surface area contributed by atoms with E-state index in [4.69, 9.17) is 0 Å². The fraction of sp³-hybridized carbons (Fsp3) is 1.00. The van der Waals surface area contributed by atoms with E-state index >= 15 is 0 Å². The molecule has 0 bridgehead atoms. The van der Waals surface area contributed by atoms with E-state index < -0.39 is 0 Å². The van der Waals surface area contributed by atoms with Crippen LogP contribution >= 0.6 is 13.5 Å². The number of rotatable bonds is 0. The van der Waals surface area contributed by atoms with Gasteiger partial charge in [-0.2, -0.15) is 13.5 Å². The maximum atomic E-state index is 0. The first kappa shape index (κ1) is 42.6. The molecule has 0 unspecified atom stereocenters. The third-order valence-corrected chi connectivity index (χ3v) is 0. The van der Waals surface area contributed by atoms with Crippen LogP contribution in [-0.2, 0) is 0 Å². The Hall–Kier alpha value is 3.09. The van der Waals surface area contributed by atoms with Crippen LogP contribution in [0.3, 0.4) is 0 Å². The first-order valence-corrected chi connectivity index (χ1v) is 0. The predicted molar refractivity (Wildman–Crippen MR) is 45.5 cm³/mol. The Bertz CT molecular complexity index is 9.61. The second kappa shape index (κ2) is 27.6. The summed E-state index contributed by atoms with van der Waals surface area (Å²) in [7, 11) is 0. The zero-order valence-electron chi connectivity index (χ0n) is 0.500. The molecule has 32 valence electrons. The molecule has 0 spiro atoms. The fourth-order valence-electron chi connectivity index (χ4n) is 0. The van der Waals surface area contributed by atoms with E-state index in [1.54, 1.807) is 0 Å². The van der Waals surface area contributed by atoms with E-state index in [0.717, 1.165) is 0 Å². The first-order valence-electron chi connectivity index (χ1n) is 0. The average Bonchev–Trinajstić information content (AvgIpc) is 0. The molecule has 0 rings (SSSR count). The molecule has 0 aromatic heterocycles. The molecular weight excluding hydrogens is 152 g/mol. The molecule has 0 atom stereocenters. The standard InChI is InChI=1S/CH4.2Ca.H2S.H4Si.4H/h1H4;;;1H2;1H4;;;;. The monoisotopic (exact) mass is 166 g/mol. The second-order valence-corrected chi connectivity index (χ2v) is 0. The minimum Gasteiger partial charge on any atom is -0.0149 e. The van der Waals surface area contributed by atoms with Gasteiger partial charge >= 0.3 is 75.5 Å². The summed E-state index contributed by atoms with van der Waals surface area (Å²) < 4.78 is 0. The Morgan fingerprint density at radius 3 is 0.800 bits per heavy atom. The first-order chi connectivity index (χ1) is 0. The Morgan fingerprint density at radius 1 is 0.800 bits per heavy atom. The van der Waals surface area contributed by atoms with Crippen molar-refractivity contribution < 1.29 is 0 Å². The van der Waals surface area contributed by atoms with Gasteiger partial charge in [-0.05, 0) is 11.0 Å². The van der Waals surface area contributed by atoms with E-state index in [0.29, 0.717) is 0 Å². The van der Waals surface area contributed by atoms with Crippen LogP contribution in [0.25, 0.3) is 0 Å². The summed E-state index contributed by atoms with van der Waals surface area (Å²) in [6, 6.07) is 0. The van der Waals surface area contributed by atoms with Crippen molar-refractivity contribution >= 4 is 99.9 Å². The predicted octanol–water partition coefficient (Wildman–Crippen LogP) is -2.54. The van der Waals surface area contributed by atoms with Crippen molar-refractivity contribution in [2.24, 2.45) is 0 Å². The van der Waals surface area contributed by atoms with Crippen LogP contribution in [0.5, 0.6) is 0 Å². The summed E-state index contributed by atoms with van der Waals surface area (Å²) in [5.74, 6) is 0. The molecule has 0 aliphatic heterocycles. The van der Waals surface area contributed by atoms with E-state index in [1.165, 1.54) is 0 Å². The van der Waals surface area contributed by atoms with Crippen molar-refractivity contribution in [1.29, 1.82) is 0 Å². The SMILES string of the molecule is C.S.[CaH2].[CaH2].[SiH4]. The van der Waals surface area contributed by atoms with Crippen molar-refractivity contribution in [3.63, 3.8) is 0 Å². The Morgan fingerprint density at radius 2 is 0.800 bits per heavy atom. The molecule has 0 fully saturated rings. The normalized spacial score (nSPS) is 0. The van der Waals surface area contributed by atoms with Gasteiger partial charge in [0.1, 0.15) is 0 Å². The summed E-state index contributed by atoms with van der Waals surface area (Å²) in [5.41, 5.74) is 0.